The molecule has 1 aliphatic rings. The fourth-order valence-corrected chi connectivity index (χ4v) is 6.69. The van der Waals surface area contributed by atoms with Gasteiger partial charge in [0.1, 0.15) is 0 Å². The summed E-state index contributed by atoms with van der Waals surface area (Å²) in [5.74, 6) is 1.04. The van der Waals surface area contributed by atoms with E-state index < -0.39 is 10.0 Å². The van der Waals surface area contributed by atoms with Crippen LogP contribution >= 0.6 is 10.0 Å². The molecule has 0 bridgehead atoms. The first-order valence-corrected chi connectivity index (χ1v) is 10.8. The molecule has 0 aromatic heterocycles. The van der Waals surface area contributed by atoms with Gasteiger partial charge in [0.15, 0.2) is 0 Å². The quantitative estimate of drug-likeness (QED) is 0.870. The Morgan fingerprint density at radius 3 is 2.04 bits per heavy atom. The normalized spacial score (nSPS) is 20.9. The minimum Gasteiger partial charge on any atom is -0.326 e. The van der Waals surface area contributed by atoms with Crippen LogP contribution in [0, 0.1) is 0 Å². The van der Waals surface area contributed by atoms with Gasteiger partial charge in [0.05, 0.1) is 0 Å². The molecule has 1 unspecified atom stereocenters. The SMILES string of the molecule is CS(C[C@H](N)C1CCCCN1)(c1ccccc1)c1ccccc1. The standard InChI is InChI=1S/C20H28N2S/c1-23(17-10-4-2-5-11-17,18-12-6-3-7-13-18)16-19(21)20-14-8-9-15-22-20/h2-7,10-13,19-20,22H,8-9,14-16,21H2,1H3/t19-,20?/m0/s1. The van der Waals surface area contributed by atoms with E-state index >= 15 is 0 Å². The van der Waals surface area contributed by atoms with Crippen LogP contribution in [0.5, 0.6) is 0 Å². The van der Waals surface area contributed by atoms with E-state index in [4.69, 9.17) is 5.73 Å². The highest BCUT2D eigenvalue weighted by Crippen LogP contribution is 2.59. The van der Waals surface area contributed by atoms with Crippen LogP contribution < -0.4 is 11.1 Å². The third kappa shape index (κ3) is 3.79. The molecule has 0 aliphatic carbocycles. The van der Waals surface area contributed by atoms with Crippen LogP contribution in [0.15, 0.2) is 70.5 Å². The monoisotopic (exact) mass is 328 g/mol. The topological polar surface area (TPSA) is 38.0 Å². The Labute approximate surface area is 141 Å². The van der Waals surface area contributed by atoms with Crippen molar-refractivity contribution in [1.29, 1.82) is 0 Å². The predicted octanol–water partition coefficient (Wildman–Crippen LogP) is 4.01. The average Bonchev–Trinajstić information content (AvgIpc) is 2.64. The third-order valence-corrected chi connectivity index (χ3v) is 8.59. The van der Waals surface area contributed by atoms with Gasteiger partial charge in [-0.25, -0.2) is 0 Å². The Kier molecular flexibility index (Phi) is 5.42. The summed E-state index contributed by atoms with van der Waals surface area (Å²) in [5.41, 5.74) is 6.67. The summed E-state index contributed by atoms with van der Waals surface area (Å²) >= 11 is 0. The van der Waals surface area contributed by atoms with Gasteiger partial charge in [-0.15, -0.1) is 0 Å². The fourth-order valence-electron chi connectivity index (χ4n) is 3.52. The van der Waals surface area contributed by atoms with Crippen LogP contribution in [0.25, 0.3) is 0 Å². The van der Waals surface area contributed by atoms with Crippen molar-refractivity contribution in [2.45, 2.75) is 41.1 Å². The molecule has 2 aromatic rings. The van der Waals surface area contributed by atoms with Crippen LogP contribution in [0.4, 0.5) is 0 Å². The van der Waals surface area contributed by atoms with Gasteiger partial charge in [-0.05, 0) is 59.7 Å². The van der Waals surface area contributed by atoms with Gasteiger partial charge in [0.25, 0.3) is 0 Å². The lowest BCUT2D eigenvalue weighted by Crippen LogP contribution is -2.50. The average molecular weight is 329 g/mol. The van der Waals surface area contributed by atoms with E-state index in [1.54, 1.807) is 0 Å². The number of piperidine rings is 1. The lowest BCUT2D eigenvalue weighted by Gasteiger charge is -2.41. The number of nitrogens with one attached hydrogen (secondary N) is 1. The van der Waals surface area contributed by atoms with Crippen molar-refractivity contribution in [2.75, 3.05) is 18.6 Å². The van der Waals surface area contributed by atoms with E-state index in [1.165, 1.54) is 29.1 Å². The maximum atomic E-state index is 6.67. The van der Waals surface area contributed by atoms with E-state index in [-0.39, 0.29) is 6.04 Å². The Morgan fingerprint density at radius 2 is 1.57 bits per heavy atom. The van der Waals surface area contributed by atoms with Gasteiger partial charge in [-0.3, -0.25) is 0 Å². The summed E-state index contributed by atoms with van der Waals surface area (Å²) in [6.07, 6.45) is 6.21. The second-order valence-electron chi connectivity index (χ2n) is 6.60. The summed E-state index contributed by atoms with van der Waals surface area (Å²) in [6, 6.07) is 22.5. The number of benzene rings is 2. The zero-order chi connectivity index (χ0) is 16.1. The van der Waals surface area contributed by atoms with Crippen LogP contribution in [-0.2, 0) is 0 Å². The van der Waals surface area contributed by atoms with Crippen molar-refractivity contribution in [3.8, 4) is 0 Å². The Balaban J connectivity index is 1.89. The fraction of sp³-hybridized carbons (Fsp3) is 0.400. The molecule has 1 saturated heterocycles. The third-order valence-electron chi connectivity index (χ3n) is 4.92. The van der Waals surface area contributed by atoms with Crippen LogP contribution in [0.2, 0.25) is 0 Å². The molecule has 3 N–H and O–H groups in total. The van der Waals surface area contributed by atoms with Crippen molar-refractivity contribution in [3.63, 3.8) is 0 Å². The molecule has 1 heterocycles. The molecule has 0 saturated carbocycles. The summed E-state index contributed by atoms with van der Waals surface area (Å²) < 4.78 is 0. The molecule has 3 heteroatoms. The summed E-state index contributed by atoms with van der Waals surface area (Å²) in [4.78, 5) is 2.86. The summed E-state index contributed by atoms with van der Waals surface area (Å²) in [5, 5.41) is 3.63. The first-order chi connectivity index (χ1) is 11.2. The molecular formula is C20H28N2S. The van der Waals surface area contributed by atoms with Crippen LogP contribution in [-0.4, -0.2) is 30.6 Å². The van der Waals surface area contributed by atoms with Gasteiger partial charge >= 0.3 is 0 Å². The largest absolute Gasteiger partial charge is 0.326 e. The Hall–Kier alpha value is -1.29. The van der Waals surface area contributed by atoms with E-state index in [1.807, 2.05) is 0 Å². The second-order valence-corrected chi connectivity index (χ2v) is 10.1. The summed E-state index contributed by atoms with van der Waals surface area (Å²) in [7, 11) is -1.11. The van der Waals surface area contributed by atoms with E-state index in [2.05, 4.69) is 72.2 Å². The maximum absolute atomic E-state index is 6.67. The molecule has 0 amide bonds. The predicted molar refractivity (Wildman–Crippen MR) is 101 cm³/mol. The smallest absolute Gasteiger partial charge is 0.0278 e. The number of rotatable bonds is 5. The first-order valence-electron chi connectivity index (χ1n) is 8.55. The molecule has 0 radical (unpaired) electrons. The van der Waals surface area contributed by atoms with Gasteiger partial charge in [-0.1, -0.05) is 42.8 Å². The minimum atomic E-state index is -1.11. The van der Waals surface area contributed by atoms with E-state index in [0.29, 0.717) is 6.04 Å². The highest BCUT2D eigenvalue weighted by Gasteiger charge is 2.29. The van der Waals surface area contributed by atoms with Gasteiger partial charge < -0.3 is 11.1 Å². The molecule has 2 aromatic carbocycles. The van der Waals surface area contributed by atoms with Crippen molar-refractivity contribution < 1.29 is 0 Å². The zero-order valence-electron chi connectivity index (χ0n) is 13.9. The lowest BCUT2D eigenvalue weighted by molar-refractivity contribution is 0.363. The molecule has 124 valence electrons. The van der Waals surface area contributed by atoms with Crippen molar-refractivity contribution in [1.82, 2.24) is 5.32 Å². The Bertz CT molecular complexity index is 554. The molecule has 3 rings (SSSR count). The van der Waals surface area contributed by atoms with Crippen molar-refractivity contribution >= 4 is 10.0 Å². The molecular weight excluding hydrogens is 300 g/mol. The van der Waals surface area contributed by atoms with Gasteiger partial charge in [0, 0.05) is 17.8 Å². The number of hydrogen-bond acceptors (Lipinski definition) is 2. The van der Waals surface area contributed by atoms with E-state index in [9.17, 15) is 0 Å². The highest BCUT2D eigenvalue weighted by atomic mass is 32.3. The van der Waals surface area contributed by atoms with Crippen molar-refractivity contribution in [2.24, 2.45) is 5.73 Å². The molecule has 0 spiro atoms. The van der Waals surface area contributed by atoms with Gasteiger partial charge in [-0.2, -0.15) is 10.0 Å². The molecule has 1 fully saturated rings. The first kappa shape index (κ1) is 16.6. The highest BCUT2D eigenvalue weighted by molar-refractivity contribution is 8.33. The van der Waals surface area contributed by atoms with Gasteiger partial charge in [0.2, 0.25) is 0 Å². The summed E-state index contributed by atoms with van der Waals surface area (Å²) in [6.45, 7) is 1.11. The maximum Gasteiger partial charge on any atom is 0.0278 e. The second kappa shape index (κ2) is 7.52. The van der Waals surface area contributed by atoms with Crippen LogP contribution in [0.1, 0.15) is 19.3 Å². The molecule has 23 heavy (non-hydrogen) atoms. The molecule has 2 atom stereocenters. The van der Waals surface area contributed by atoms with Crippen molar-refractivity contribution in [3.05, 3.63) is 60.7 Å². The lowest BCUT2D eigenvalue weighted by atomic mass is 10.00. The van der Waals surface area contributed by atoms with E-state index in [0.717, 1.165) is 12.3 Å². The Morgan fingerprint density at radius 1 is 1.00 bits per heavy atom. The molecule has 2 nitrogen and oxygen atoms in total. The number of nitrogens with two attached hydrogens (primary N) is 1. The zero-order valence-corrected chi connectivity index (χ0v) is 14.8. The number of hydrogen-bond donors (Lipinski definition) is 2. The van der Waals surface area contributed by atoms with Crippen LogP contribution in [0.3, 0.4) is 0 Å². The minimum absolute atomic E-state index is 0.204. The molecule has 1 aliphatic heterocycles.